The number of rotatable bonds is 8. The van der Waals surface area contributed by atoms with Crippen molar-refractivity contribution in [3.8, 4) is 0 Å². The molecule has 8 heteroatoms. The Balaban J connectivity index is 4.39. The standard InChI is InChI=1S/C10H17NO6S/c1-10(18,9(16)11-17)5-4-6(8(14)15)2-3-7(12)13/h6,17-18H,2-5H2,1H3,(H,11,16)(H,12,13)(H,14,15). The van der Waals surface area contributed by atoms with Gasteiger partial charge in [0.25, 0.3) is 5.91 Å². The number of amides is 1. The van der Waals surface area contributed by atoms with E-state index in [4.69, 9.17) is 15.4 Å². The molecule has 2 unspecified atom stereocenters. The third-order valence-corrected chi connectivity index (χ3v) is 3.05. The topological polar surface area (TPSA) is 124 Å². The highest BCUT2D eigenvalue weighted by molar-refractivity contribution is 7.82. The Labute approximate surface area is 110 Å². The van der Waals surface area contributed by atoms with Gasteiger partial charge in [-0.2, -0.15) is 12.6 Å². The van der Waals surface area contributed by atoms with Gasteiger partial charge in [-0.1, -0.05) is 0 Å². The molecule has 0 aliphatic rings. The first-order chi connectivity index (χ1) is 8.20. The Morgan fingerprint density at radius 2 is 1.83 bits per heavy atom. The first kappa shape index (κ1) is 16.7. The lowest BCUT2D eigenvalue weighted by atomic mass is 9.92. The highest BCUT2D eigenvalue weighted by atomic mass is 32.1. The molecule has 0 aromatic heterocycles. The van der Waals surface area contributed by atoms with Crippen molar-refractivity contribution in [2.45, 2.75) is 37.4 Å². The van der Waals surface area contributed by atoms with E-state index in [-0.39, 0.29) is 25.7 Å². The molecular formula is C10H17NO6S. The van der Waals surface area contributed by atoms with E-state index in [2.05, 4.69) is 12.6 Å². The molecule has 0 aromatic carbocycles. The minimum atomic E-state index is -1.20. The minimum Gasteiger partial charge on any atom is -0.481 e. The van der Waals surface area contributed by atoms with Crippen LogP contribution in [0.5, 0.6) is 0 Å². The first-order valence-corrected chi connectivity index (χ1v) is 5.77. The molecule has 2 atom stereocenters. The molecule has 0 fully saturated rings. The third kappa shape index (κ3) is 5.87. The highest BCUT2D eigenvalue weighted by Crippen LogP contribution is 2.25. The van der Waals surface area contributed by atoms with Crippen LogP contribution in [0.3, 0.4) is 0 Å². The van der Waals surface area contributed by atoms with Gasteiger partial charge in [-0.3, -0.25) is 19.6 Å². The number of carboxylic acids is 2. The number of hydrogen-bond acceptors (Lipinski definition) is 5. The van der Waals surface area contributed by atoms with Gasteiger partial charge in [0.05, 0.1) is 10.7 Å². The summed E-state index contributed by atoms with van der Waals surface area (Å²) in [6.07, 6.45) is -0.0309. The molecule has 0 spiro atoms. The van der Waals surface area contributed by atoms with Gasteiger partial charge in [0.2, 0.25) is 0 Å². The second-order valence-electron chi connectivity index (χ2n) is 4.22. The number of hydrogen-bond donors (Lipinski definition) is 5. The van der Waals surface area contributed by atoms with Crippen molar-refractivity contribution < 1.29 is 29.8 Å². The molecule has 0 saturated carbocycles. The van der Waals surface area contributed by atoms with Crippen LogP contribution in [0.2, 0.25) is 0 Å². The lowest BCUT2D eigenvalue weighted by Gasteiger charge is -2.22. The number of hydroxylamine groups is 1. The van der Waals surface area contributed by atoms with Gasteiger partial charge in [0, 0.05) is 6.42 Å². The van der Waals surface area contributed by atoms with E-state index in [0.717, 1.165) is 0 Å². The number of carbonyl (C=O) groups is 3. The Morgan fingerprint density at radius 3 is 2.22 bits per heavy atom. The van der Waals surface area contributed by atoms with E-state index in [1.165, 1.54) is 12.4 Å². The van der Waals surface area contributed by atoms with Crippen LogP contribution in [0.4, 0.5) is 0 Å². The fourth-order valence-electron chi connectivity index (χ4n) is 1.38. The van der Waals surface area contributed by atoms with E-state index in [0.29, 0.717) is 0 Å². The monoisotopic (exact) mass is 279 g/mol. The maximum atomic E-state index is 11.2. The van der Waals surface area contributed by atoms with Crippen LogP contribution in [0, 0.1) is 5.92 Å². The van der Waals surface area contributed by atoms with Gasteiger partial charge in [0.15, 0.2) is 0 Å². The fourth-order valence-corrected chi connectivity index (χ4v) is 1.56. The van der Waals surface area contributed by atoms with Crippen LogP contribution in [0.25, 0.3) is 0 Å². The van der Waals surface area contributed by atoms with Gasteiger partial charge in [0.1, 0.15) is 0 Å². The van der Waals surface area contributed by atoms with Gasteiger partial charge in [-0.05, 0) is 26.2 Å². The van der Waals surface area contributed by atoms with Gasteiger partial charge in [-0.25, -0.2) is 5.48 Å². The zero-order chi connectivity index (χ0) is 14.3. The van der Waals surface area contributed by atoms with Crippen molar-refractivity contribution >= 4 is 30.5 Å². The lowest BCUT2D eigenvalue weighted by Crippen LogP contribution is -2.39. The molecule has 0 saturated heterocycles. The summed E-state index contributed by atoms with van der Waals surface area (Å²) in [5, 5.41) is 25.9. The molecule has 0 aliphatic heterocycles. The summed E-state index contributed by atoms with van der Waals surface area (Å²) in [5.74, 6) is -3.75. The molecule has 0 heterocycles. The molecule has 0 aliphatic carbocycles. The molecule has 104 valence electrons. The molecule has 7 nitrogen and oxygen atoms in total. The third-order valence-electron chi connectivity index (χ3n) is 2.63. The summed E-state index contributed by atoms with van der Waals surface area (Å²) in [5.41, 5.74) is 1.45. The zero-order valence-corrected chi connectivity index (χ0v) is 10.8. The second-order valence-corrected chi connectivity index (χ2v) is 5.21. The van der Waals surface area contributed by atoms with Crippen LogP contribution in [0.15, 0.2) is 0 Å². The Hall–Kier alpha value is -1.28. The summed E-state index contributed by atoms with van der Waals surface area (Å²) in [6, 6.07) is 0. The summed E-state index contributed by atoms with van der Waals surface area (Å²) < 4.78 is -1.20. The SMILES string of the molecule is CC(S)(CCC(CCC(=O)O)C(=O)O)C(=O)NO. The largest absolute Gasteiger partial charge is 0.481 e. The number of aliphatic carboxylic acids is 2. The predicted octanol–water partition coefficient (Wildman–Crippen LogP) is 0.526. The molecule has 0 aromatic rings. The second kappa shape index (κ2) is 7.22. The van der Waals surface area contributed by atoms with Crippen molar-refractivity contribution in [3.05, 3.63) is 0 Å². The molecule has 0 radical (unpaired) electrons. The van der Waals surface area contributed by atoms with Crippen molar-refractivity contribution in [2.75, 3.05) is 0 Å². The van der Waals surface area contributed by atoms with Gasteiger partial charge < -0.3 is 10.2 Å². The minimum absolute atomic E-state index is 0.00469. The van der Waals surface area contributed by atoms with E-state index in [1.54, 1.807) is 0 Å². The molecular weight excluding hydrogens is 262 g/mol. The van der Waals surface area contributed by atoms with Crippen LogP contribution in [-0.2, 0) is 14.4 Å². The Morgan fingerprint density at radius 1 is 1.28 bits per heavy atom. The number of carboxylic acid groups (broad SMARTS) is 2. The van der Waals surface area contributed by atoms with E-state index < -0.39 is 28.5 Å². The van der Waals surface area contributed by atoms with Crippen molar-refractivity contribution in [1.82, 2.24) is 5.48 Å². The quantitative estimate of drug-likeness (QED) is 0.251. The van der Waals surface area contributed by atoms with Crippen molar-refractivity contribution in [1.29, 1.82) is 0 Å². The Kier molecular flexibility index (Phi) is 6.71. The van der Waals surface area contributed by atoms with Gasteiger partial charge >= 0.3 is 11.9 Å². The number of nitrogens with one attached hydrogen (secondary N) is 1. The van der Waals surface area contributed by atoms with Crippen molar-refractivity contribution in [2.24, 2.45) is 5.92 Å². The average Bonchev–Trinajstić information content (AvgIpc) is 2.26. The smallest absolute Gasteiger partial charge is 0.306 e. The molecule has 0 rings (SSSR count). The maximum absolute atomic E-state index is 11.2. The number of carbonyl (C=O) groups excluding carboxylic acids is 1. The summed E-state index contributed by atoms with van der Waals surface area (Å²) in [7, 11) is 0. The first-order valence-electron chi connectivity index (χ1n) is 5.32. The lowest BCUT2D eigenvalue weighted by molar-refractivity contribution is -0.143. The van der Waals surface area contributed by atoms with Crippen molar-refractivity contribution in [3.63, 3.8) is 0 Å². The zero-order valence-electron chi connectivity index (χ0n) is 9.92. The van der Waals surface area contributed by atoms with Crippen LogP contribution < -0.4 is 5.48 Å². The number of thiol groups is 1. The van der Waals surface area contributed by atoms with E-state index >= 15 is 0 Å². The maximum Gasteiger partial charge on any atom is 0.306 e. The van der Waals surface area contributed by atoms with Crippen LogP contribution in [0.1, 0.15) is 32.6 Å². The molecule has 4 N–H and O–H groups in total. The molecule has 0 bridgehead atoms. The summed E-state index contributed by atoms with van der Waals surface area (Å²) >= 11 is 4.03. The van der Waals surface area contributed by atoms with E-state index in [9.17, 15) is 14.4 Å². The highest BCUT2D eigenvalue weighted by Gasteiger charge is 2.31. The summed E-state index contributed by atoms with van der Waals surface area (Å²) in [4.78, 5) is 32.5. The van der Waals surface area contributed by atoms with Crippen LogP contribution >= 0.6 is 12.6 Å². The summed E-state index contributed by atoms with van der Waals surface area (Å²) in [6.45, 7) is 1.44. The van der Waals surface area contributed by atoms with Gasteiger partial charge in [-0.15, -0.1) is 0 Å². The predicted molar refractivity (Wildman–Crippen MR) is 64.5 cm³/mol. The average molecular weight is 279 g/mol. The van der Waals surface area contributed by atoms with Crippen LogP contribution in [-0.4, -0.2) is 38.0 Å². The molecule has 18 heavy (non-hydrogen) atoms. The Bertz CT molecular complexity index is 330. The van der Waals surface area contributed by atoms with E-state index in [1.807, 2.05) is 0 Å². The molecule has 1 amide bonds. The fraction of sp³-hybridized carbons (Fsp3) is 0.700. The normalized spacial score (nSPS) is 15.5.